The summed E-state index contributed by atoms with van der Waals surface area (Å²) in [5.74, 6) is 0.173. The number of nitrogens with zero attached hydrogens (tertiary/aromatic N) is 3. The molecule has 1 aliphatic rings. The first-order valence-corrected chi connectivity index (χ1v) is 6.59. The maximum Gasteiger partial charge on any atom is 0.242 e. The van der Waals surface area contributed by atoms with Crippen LogP contribution in [0.4, 0.5) is 0 Å². The molecule has 0 atom stereocenters. The quantitative estimate of drug-likeness (QED) is 0.866. The van der Waals surface area contributed by atoms with E-state index >= 15 is 0 Å². The van der Waals surface area contributed by atoms with E-state index in [1.165, 1.54) is 0 Å². The van der Waals surface area contributed by atoms with Crippen molar-refractivity contribution in [1.82, 2.24) is 14.8 Å². The molecule has 2 heterocycles. The smallest absolute Gasteiger partial charge is 0.242 e. The molecule has 1 amide bonds. The van der Waals surface area contributed by atoms with Gasteiger partial charge < -0.3 is 10.6 Å². The van der Waals surface area contributed by atoms with Crippen LogP contribution in [0.3, 0.4) is 0 Å². The van der Waals surface area contributed by atoms with E-state index < -0.39 is 5.54 Å². The highest BCUT2D eigenvalue weighted by Gasteiger charge is 2.40. The molecular weight excluding hydrogens is 240 g/mol. The highest BCUT2D eigenvalue weighted by molar-refractivity contribution is 5.86. The Kier molecular flexibility index (Phi) is 3.87. The zero-order chi connectivity index (χ0) is 14.0. The van der Waals surface area contributed by atoms with E-state index in [2.05, 4.69) is 9.88 Å². The van der Waals surface area contributed by atoms with Crippen LogP contribution >= 0.6 is 0 Å². The summed E-state index contributed by atoms with van der Waals surface area (Å²) in [6.07, 6.45) is 1.78. The topological polar surface area (TPSA) is 62.5 Å². The normalized spacial score (nSPS) is 19.8. The predicted octanol–water partition coefficient (Wildman–Crippen LogP) is 0.593. The third kappa shape index (κ3) is 2.77. The van der Waals surface area contributed by atoms with Gasteiger partial charge in [-0.15, -0.1) is 0 Å². The van der Waals surface area contributed by atoms with Gasteiger partial charge in [-0.1, -0.05) is 0 Å². The molecule has 104 valence electrons. The maximum absolute atomic E-state index is 12.2. The van der Waals surface area contributed by atoms with Crippen molar-refractivity contribution in [2.45, 2.75) is 32.5 Å². The number of likely N-dealkylation sites (N-methyl/N-ethyl adjacent to an activating group) is 1. The molecule has 5 nitrogen and oxygen atoms in total. The molecule has 1 aromatic heterocycles. The highest BCUT2D eigenvalue weighted by atomic mass is 16.2. The number of pyridine rings is 1. The van der Waals surface area contributed by atoms with Crippen molar-refractivity contribution in [2.75, 3.05) is 20.1 Å². The lowest BCUT2D eigenvalue weighted by Gasteiger charge is -2.44. The molecule has 0 unspecified atom stereocenters. The summed E-state index contributed by atoms with van der Waals surface area (Å²) in [6.45, 7) is 6.82. The Hall–Kier alpha value is -1.46. The summed E-state index contributed by atoms with van der Waals surface area (Å²) < 4.78 is 0. The van der Waals surface area contributed by atoms with Crippen LogP contribution in [0, 0.1) is 0 Å². The molecule has 1 fully saturated rings. The van der Waals surface area contributed by atoms with E-state index in [-0.39, 0.29) is 5.91 Å². The van der Waals surface area contributed by atoms with Crippen molar-refractivity contribution in [3.05, 3.63) is 29.6 Å². The molecular formula is C14H22N4O. The molecule has 2 N–H and O–H groups in total. The summed E-state index contributed by atoms with van der Waals surface area (Å²) >= 11 is 0. The lowest BCUT2D eigenvalue weighted by molar-refractivity contribution is -0.147. The van der Waals surface area contributed by atoms with Crippen LogP contribution in [0.1, 0.15) is 25.1 Å². The van der Waals surface area contributed by atoms with Crippen LogP contribution in [0.25, 0.3) is 0 Å². The minimum Gasteiger partial charge on any atom is -0.343 e. The van der Waals surface area contributed by atoms with Crippen LogP contribution in [-0.4, -0.2) is 46.4 Å². The summed E-state index contributed by atoms with van der Waals surface area (Å²) in [5.41, 5.74) is 7.19. The van der Waals surface area contributed by atoms with Gasteiger partial charge in [0.05, 0.1) is 11.2 Å². The van der Waals surface area contributed by atoms with Crippen molar-refractivity contribution in [3.8, 4) is 0 Å². The largest absolute Gasteiger partial charge is 0.343 e. The molecule has 0 saturated carbocycles. The number of carbonyl (C=O) groups is 1. The fourth-order valence-corrected chi connectivity index (χ4v) is 2.49. The number of aromatic nitrogens is 1. The van der Waals surface area contributed by atoms with Gasteiger partial charge in [-0.05, 0) is 31.5 Å². The van der Waals surface area contributed by atoms with E-state index in [0.717, 1.165) is 30.9 Å². The van der Waals surface area contributed by atoms with E-state index in [9.17, 15) is 4.79 Å². The molecule has 5 heteroatoms. The number of carbonyl (C=O) groups excluding carboxylic acids is 1. The third-order valence-electron chi connectivity index (χ3n) is 3.83. The molecule has 0 aliphatic carbocycles. The van der Waals surface area contributed by atoms with Gasteiger partial charge in [-0.2, -0.15) is 0 Å². The predicted molar refractivity (Wildman–Crippen MR) is 74.3 cm³/mol. The number of rotatable bonds is 3. The van der Waals surface area contributed by atoms with E-state index in [1.54, 1.807) is 11.1 Å². The number of hydrogen-bond acceptors (Lipinski definition) is 4. The molecule has 19 heavy (non-hydrogen) atoms. The van der Waals surface area contributed by atoms with Gasteiger partial charge in [0.15, 0.2) is 0 Å². The first-order chi connectivity index (χ1) is 8.95. The highest BCUT2D eigenvalue weighted by Crippen LogP contribution is 2.23. The third-order valence-corrected chi connectivity index (χ3v) is 3.83. The average molecular weight is 262 g/mol. The second kappa shape index (κ2) is 5.27. The van der Waals surface area contributed by atoms with Gasteiger partial charge in [0.1, 0.15) is 0 Å². The van der Waals surface area contributed by atoms with E-state index in [0.29, 0.717) is 6.54 Å². The summed E-state index contributed by atoms with van der Waals surface area (Å²) in [6, 6.07) is 4.00. The van der Waals surface area contributed by atoms with Crippen LogP contribution in [0.5, 0.6) is 0 Å². The Bertz CT molecular complexity index is 472. The van der Waals surface area contributed by atoms with Crippen LogP contribution in [-0.2, 0) is 17.9 Å². The molecule has 0 radical (unpaired) electrons. The average Bonchev–Trinajstić information content (AvgIpc) is 2.40. The van der Waals surface area contributed by atoms with Crippen molar-refractivity contribution >= 4 is 5.91 Å². The zero-order valence-electron chi connectivity index (χ0n) is 11.9. The minimum absolute atomic E-state index is 0.173. The summed E-state index contributed by atoms with van der Waals surface area (Å²) in [5, 5.41) is 0. The first kappa shape index (κ1) is 14.0. The summed E-state index contributed by atoms with van der Waals surface area (Å²) in [4.78, 5) is 20.4. The fraction of sp³-hybridized carbons (Fsp3) is 0.571. The number of hydrogen-bond donors (Lipinski definition) is 1. The van der Waals surface area contributed by atoms with Gasteiger partial charge in [0, 0.05) is 39.4 Å². The molecule has 0 aromatic carbocycles. The van der Waals surface area contributed by atoms with E-state index in [4.69, 9.17) is 5.73 Å². The Balaban J connectivity index is 2.16. The van der Waals surface area contributed by atoms with Crippen LogP contribution in [0.2, 0.25) is 0 Å². The molecule has 0 bridgehead atoms. The Labute approximate surface area is 114 Å². The number of piperazine rings is 1. The molecule has 1 aromatic rings. The van der Waals surface area contributed by atoms with Crippen molar-refractivity contribution in [1.29, 1.82) is 0 Å². The van der Waals surface area contributed by atoms with Gasteiger partial charge in [-0.3, -0.25) is 14.7 Å². The first-order valence-electron chi connectivity index (χ1n) is 6.59. The number of amides is 1. The van der Waals surface area contributed by atoms with Crippen LogP contribution in [0.15, 0.2) is 18.3 Å². The molecule has 1 saturated heterocycles. The standard InChI is InChI=1S/C14H22N4O/c1-14(2)13(19)17(3)6-7-18(14)10-11-4-5-16-12(8-11)9-15/h4-5,8H,6-7,9-10,15H2,1-3H3. The second-order valence-electron chi connectivity index (χ2n) is 5.57. The molecule has 2 rings (SSSR count). The van der Waals surface area contributed by atoms with Crippen molar-refractivity contribution in [2.24, 2.45) is 5.73 Å². The second-order valence-corrected chi connectivity index (χ2v) is 5.57. The Morgan fingerprint density at radius 2 is 2.16 bits per heavy atom. The monoisotopic (exact) mass is 262 g/mol. The minimum atomic E-state index is -0.459. The van der Waals surface area contributed by atoms with Gasteiger partial charge in [0.25, 0.3) is 0 Å². The zero-order valence-corrected chi connectivity index (χ0v) is 11.9. The summed E-state index contributed by atoms with van der Waals surface area (Å²) in [7, 11) is 1.86. The van der Waals surface area contributed by atoms with E-state index in [1.807, 2.05) is 33.0 Å². The number of nitrogens with two attached hydrogens (primary N) is 1. The van der Waals surface area contributed by atoms with Crippen molar-refractivity contribution < 1.29 is 4.79 Å². The Morgan fingerprint density at radius 1 is 1.42 bits per heavy atom. The van der Waals surface area contributed by atoms with Crippen molar-refractivity contribution in [3.63, 3.8) is 0 Å². The Morgan fingerprint density at radius 3 is 2.84 bits per heavy atom. The lowest BCUT2D eigenvalue weighted by atomic mass is 9.97. The maximum atomic E-state index is 12.2. The van der Waals surface area contributed by atoms with Crippen LogP contribution < -0.4 is 5.73 Å². The van der Waals surface area contributed by atoms with Gasteiger partial charge in [0.2, 0.25) is 5.91 Å². The molecule has 1 aliphatic heterocycles. The fourth-order valence-electron chi connectivity index (χ4n) is 2.49. The lowest BCUT2D eigenvalue weighted by Crippen LogP contribution is -2.61. The van der Waals surface area contributed by atoms with Gasteiger partial charge >= 0.3 is 0 Å². The molecule has 0 spiro atoms. The SMILES string of the molecule is CN1CCN(Cc2ccnc(CN)c2)C(C)(C)C1=O. The van der Waals surface area contributed by atoms with Gasteiger partial charge in [-0.25, -0.2) is 0 Å².